The minimum Gasteiger partial charge on any atom is -0.427 e. The smallest absolute Gasteiger partial charge is 0.427 e. The second-order valence-corrected chi connectivity index (χ2v) is 11.4. The number of hydrogen-bond donors (Lipinski definition) is 0. The van der Waals surface area contributed by atoms with Crippen LogP contribution in [0.4, 0.5) is 4.79 Å². The molecule has 3 nitrogen and oxygen atoms in total. The minimum atomic E-state index is -0.352. The summed E-state index contributed by atoms with van der Waals surface area (Å²) in [7, 11) is 0. The third kappa shape index (κ3) is 2.15. The molecule has 0 aromatic heterocycles. The molecule has 144 valence electrons. The van der Waals surface area contributed by atoms with E-state index >= 15 is 0 Å². The molecule has 8 aliphatic rings. The molecule has 8 aliphatic carbocycles. The first kappa shape index (κ1) is 16.2. The molecule has 26 heavy (non-hydrogen) atoms. The Labute approximate surface area is 157 Å². The summed E-state index contributed by atoms with van der Waals surface area (Å²) in [4.78, 5) is 13.0. The quantitative estimate of drug-likeness (QED) is 0.605. The molecule has 8 fully saturated rings. The predicted molar refractivity (Wildman–Crippen MR) is 98.5 cm³/mol. The standard InChI is InChI=1S/C23H34O3/c1-22(17-5-13-3-14(7-17)8-18(22)6-13)25-21(24)26-23(2)19-9-15-4-16(11-19)12-20(23)10-15/h13-20H,3-12H2,1-2H3. The summed E-state index contributed by atoms with van der Waals surface area (Å²) in [5.41, 5.74) is -0.542. The van der Waals surface area contributed by atoms with Gasteiger partial charge in [0.2, 0.25) is 0 Å². The van der Waals surface area contributed by atoms with Crippen molar-refractivity contribution in [3.05, 3.63) is 0 Å². The molecule has 0 unspecified atom stereocenters. The van der Waals surface area contributed by atoms with E-state index in [1.165, 1.54) is 64.2 Å². The fourth-order valence-corrected chi connectivity index (χ4v) is 8.95. The largest absolute Gasteiger partial charge is 0.509 e. The van der Waals surface area contributed by atoms with E-state index in [1.807, 2.05) is 0 Å². The summed E-state index contributed by atoms with van der Waals surface area (Å²) in [6, 6.07) is 0. The van der Waals surface area contributed by atoms with Crippen LogP contribution in [-0.2, 0) is 9.47 Å². The molecular weight excluding hydrogens is 324 g/mol. The van der Waals surface area contributed by atoms with Crippen LogP contribution in [0, 0.1) is 47.3 Å². The first-order valence-corrected chi connectivity index (χ1v) is 11.3. The van der Waals surface area contributed by atoms with Gasteiger partial charge in [-0.25, -0.2) is 4.79 Å². The van der Waals surface area contributed by atoms with Crippen LogP contribution >= 0.6 is 0 Å². The highest BCUT2D eigenvalue weighted by Crippen LogP contribution is 2.61. The van der Waals surface area contributed by atoms with E-state index in [9.17, 15) is 4.79 Å². The molecule has 0 saturated heterocycles. The van der Waals surface area contributed by atoms with Crippen LogP contribution in [0.25, 0.3) is 0 Å². The zero-order valence-corrected chi connectivity index (χ0v) is 16.4. The SMILES string of the molecule is CC1(OC(=O)OC2(C)C3CC4CC(C3)CC2C4)C2CC3CC(C2)CC1C3. The highest BCUT2D eigenvalue weighted by atomic mass is 16.7. The van der Waals surface area contributed by atoms with Crippen molar-refractivity contribution >= 4 is 6.16 Å². The number of rotatable bonds is 2. The van der Waals surface area contributed by atoms with Gasteiger partial charge in [-0.05, 0) is 125 Å². The van der Waals surface area contributed by atoms with Crippen molar-refractivity contribution in [2.45, 2.75) is 89.3 Å². The molecular formula is C23H34O3. The minimum absolute atomic E-state index is 0.271. The predicted octanol–water partition coefficient (Wildman–Crippen LogP) is 5.57. The van der Waals surface area contributed by atoms with Gasteiger partial charge in [-0.1, -0.05) is 0 Å². The lowest BCUT2D eigenvalue weighted by atomic mass is 9.50. The summed E-state index contributed by atoms with van der Waals surface area (Å²) in [5, 5.41) is 0. The second-order valence-electron chi connectivity index (χ2n) is 11.4. The fourth-order valence-electron chi connectivity index (χ4n) is 8.95. The molecule has 0 aromatic rings. The lowest BCUT2D eigenvalue weighted by Crippen LogP contribution is -2.60. The maximum Gasteiger partial charge on any atom is 0.509 e. The summed E-state index contributed by atoms with van der Waals surface area (Å²) < 4.78 is 12.4. The van der Waals surface area contributed by atoms with Gasteiger partial charge in [0.25, 0.3) is 0 Å². The molecule has 0 aromatic carbocycles. The molecule has 0 heterocycles. The molecule has 8 rings (SSSR count). The molecule has 0 atom stereocenters. The lowest BCUT2D eigenvalue weighted by molar-refractivity contribution is -0.210. The first-order chi connectivity index (χ1) is 12.4. The average molecular weight is 359 g/mol. The van der Waals surface area contributed by atoms with Crippen LogP contribution in [0.15, 0.2) is 0 Å². The zero-order valence-electron chi connectivity index (χ0n) is 16.4. The molecule has 0 aliphatic heterocycles. The number of carbonyl (C=O) groups excluding carboxylic acids is 1. The Balaban J connectivity index is 1.19. The van der Waals surface area contributed by atoms with Crippen LogP contribution in [0.1, 0.15) is 78.1 Å². The number of ether oxygens (including phenoxy) is 2. The van der Waals surface area contributed by atoms with Gasteiger partial charge in [0, 0.05) is 0 Å². The topological polar surface area (TPSA) is 35.5 Å². The number of carbonyl (C=O) groups is 1. The van der Waals surface area contributed by atoms with E-state index in [-0.39, 0.29) is 17.4 Å². The Morgan fingerprint density at radius 2 is 0.846 bits per heavy atom. The monoisotopic (exact) mass is 358 g/mol. The summed E-state index contributed by atoms with van der Waals surface area (Å²) in [6.45, 7) is 4.45. The van der Waals surface area contributed by atoms with Crippen LogP contribution in [0.2, 0.25) is 0 Å². The van der Waals surface area contributed by atoms with E-state index in [1.54, 1.807) is 0 Å². The van der Waals surface area contributed by atoms with Crippen molar-refractivity contribution in [3.63, 3.8) is 0 Å². The molecule has 0 radical (unpaired) electrons. The Morgan fingerprint density at radius 1 is 0.577 bits per heavy atom. The summed E-state index contributed by atoms with van der Waals surface area (Å²) >= 11 is 0. The molecule has 0 N–H and O–H groups in total. The van der Waals surface area contributed by atoms with Crippen LogP contribution in [-0.4, -0.2) is 17.4 Å². The van der Waals surface area contributed by atoms with Gasteiger partial charge >= 0.3 is 6.16 Å². The van der Waals surface area contributed by atoms with Crippen molar-refractivity contribution in [3.8, 4) is 0 Å². The lowest BCUT2D eigenvalue weighted by Gasteiger charge is -2.60. The van der Waals surface area contributed by atoms with E-state index in [2.05, 4.69) is 13.8 Å². The van der Waals surface area contributed by atoms with Gasteiger partial charge in [0.1, 0.15) is 11.2 Å². The van der Waals surface area contributed by atoms with Gasteiger partial charge in [-0.15, -0.1) is 0 Å². The van der Waals surface area contributed by atoms with Crippen LogP contribution in [0.5, 0.6) is 0 Å². The first-order valence-electron chi connectivity index (χ1n) is 11.3. The van der Waals surface area contributed by atoms with Gasteiger partial charge < -0.3 is 9.47 Å². The molecule has 8 bridgehead atoms. The average Bonchev–Trinajstić information content (AvgIpc) is 2.56. The van der Waals surface area contributed by atoms with Crippen LogP contribution in [0.3, 0.4) is 0 Å². The second kappa shape index (κ2) is 5.20. The number of hydrogen-bond acceptors (Lipinski definition) is 3. The molecule has 0 spiro atoms. The van der Waals surface area contributed by atoms with E-state index in [0.29, 0.717) is 23.7 Å². The van der Waals surface area contributed by atoms with Gasteiger partial charge in [0.15, 0.2) is 0 Å². The van der Waals surface area contributed by atoms with Crippen LogP contribution < -0.4 is 0 Å². The van der Waals surface area contributed by atoms with Crippen molar-refractivity contribution < 1.29 is 14.3 Å². The van der Waals surface area contributed by atoms with Gasteiger partial charge in [-0.3, -0.25) is 0 Å². The molecule has 8 saturated carbocycles. The Hall–Kier alpha value is -0.730. The van der Waals surface area contributed by atoms with Gasteiger partial charge in [-0.2, -0.15) is 0 Å². The summed E-state index contributed by atoms with van der Waals surface area (Å²) in [5.74, 6) is 5.85. The van der Waals surface area contributed by atoms with Gasteiger partial charge in [0.05, 0.1) is 0 Å². The van der Waals surface area contributed by atoms with E-state index in [4.69, 9.17) is 9.47 Å². The Morgan fingerprint density at radius 3 is 1.12 bits per heavy atom. The van der Waals surface area contributed by atoms with Crippen molar-refractivity contribution in [2.24, 2.45) is 47.3 Å². The normalized spacial score (nSPS) is 58.8. The highest BCUT2D eigenvalue weighted by molar-refractivity contribution is 5.61. The summed E-state index contributed by atoms with van der Waals surface area (Å²) in [6.07, 6.45) is 12.6. The maximum atomic E-state index is 13.0. The fraction of sp³-hybridized carbons (Fsp3) is 0.957. The van der Waals surface area contributed by atoms with Crippen molar-refractivity contribution in [1.29, 1.82) is 0 Å². The van der Waals surface area contributed by atoms with E-state index < -0.39 is 0 Å². The Kier molecular flexibility index (Phi) is 3.25. The van der Waals surface area contributed by atoms with E-state index in [0.717, 1.165) is 23.7 Å². The third-order valence-corrected chi connectivity index (χ3v) is 10.1. The molecule has 3 heteroatoms. The van der Waals surface area contributed by atoms with Crippen molar-refractivity contribution in [2.75, 3.05) is 0 Å². The maximum absolute atomic E-state index is 13.0. The third-order valence-electron chi connectivity index (χ3n) is 10.1. The molecule has 0 amide bonds. The Bertz CT molecular complexity index is 515. The zero-order chi connectivity index (χ0) is 17.7. The highest BCUT2D eigenvalue weighted by Gasteiger charge is 2.60. The van der Waals surface area contributed by atoms with Crippen molar-refractivity contribution in [1.82, 2.24) is 0 Å².